The van der Waals surface area contributed by atoms with Gasteiger partial charge < -0.3 is 5.32 Å². The van der Waals surface area contributed by atoms with Crippen molar-refractivity contribution in [2.24, 2.45) is 0 Å². The first-order valence-electron chi connectivity index (χ1n) is 7.26. The maximum Gasteiger partial charge on any atom is 0.133 e. The summed E-state index contributed by atoms with van der Waals surface area (Å²) >= 11 is 1.82. The number of anilines is 1. The van der Waals surface area contributed by atoms with Crippen LogP contribution in [0.5, 0.6) is 0 Å². The summed E-state index contributed by atoms with van der Waals surface area (Å²) in [5.41, 5.74) is 3.56. The highest BCUT2D eigenvalue weighted by Gasteiger charge is 2.27. The molecule has 0 bridgehead atoms. The van der Waals surface area contributed by atoms with E-state index in [1.165, 1.54) is 16.0 Å². The Morgan fingerprint density at radius 1 is 1.19 bits per heavy atom. The normalized spacial score (nSPS) is 17.3. The average molecular weight is 295 g/mol. The molecule has 1 atom stereocenters. The van der Waals surface area contributed by atoms with Crippen LogP contribution in [0.4, 0.5) is 5.82 Å². The van der Waals surface area contributed by atoms with E-state index in [0.717, 1.165) is 24.5 Å². The first-order valence-corrected chi connectivity index (χ1v) is 8.14. The van der Waals surface area contributed by atoms with E-state index in [9.17, 15) is 0 Å². The quantitative estimate of drug-likeness (QED) is 0.763. The minimum absolute atomic E-state index is 0.359. The monoisotopic (exact) mass is 295 g/mol. The lowest BCUT2D eigenvalue weighted by Gasteiger charge is -2.25. The number of nitrogens with zero attached hydrogens (tertiary/aromatic N) is 2. The Labute approximate surface area is 128 Å². The van der Waals surface area contributed by atoms with Gasteiger partial charge >= 0.3 is 0 Å². The number of hydrogen-bond donors (Lipinski definition) is 1. The molecule has 0 aliphatic carbocycles. The van der Waals surface area contributed by atoms with Crippen LogP contribution < -0.4 is 5.32 Å². The van der Waals surface area contributed by atoms with Gasteiger partial charge in [-0.3, -0.25) is 0 Å². The molecule has 0 spiro atoms. The molecule has 0 fully saturated rings. The van der Waals surface area contributed by atoms with Crippen LogP contribution in [0, 0.1) is 6.92 Å². The van der Waals surface area contributed by atoms with Gasteiger partial charge in [-0.15, -0.1) is 11.3 Å². The summed E-state index contributed by atoms with van der Waals surface area (Å²) in [6, 6.07) is 15.2. The lowest BCUT2D eigenvalue weighted by atomic mass is 10.0. The van der Waals surface area contributed by atoms with Gasteiger partial charge in [-0.05, 0) is 30.4 Å². The van der Waals surface area contributed by atoms with E-state index in [4.69, 9.17) is 5.10 Å². The van der Waals surface area contributed by atoms with Crippen LogP contribution in [0.1, 0.15) is 23.0 Å². The van der Waals surface area contributed by atoms with Gasteiger partial charge in [0.1, 0.15) is 5.82 Å². The lowest BCUT2D eigenvalue weighted by Crippen LogP contribution is -2.24. The van der Waals surface area contributed by atoms with E-state index in [1.54, 1.807) is 0 Å². The fraction of sp³-hybridized carbons (Fsp3) is 0.235. The van der Waals surface area contributed by atoms with E-state index in [0.29, 0.717) is 6.04 Å². The van der Waals surface area contributed by atoms with Crippen LogP contribution in [-0.2, 0) is 0 Å². The third-order valence-corrected chi connectivity index (χ3v) is 5.00. The average Bonchev–Trinajstić information content (AvgIpc) is 3.14. The largest absolute Gasteiger partial charge is 0.370 e. The van der Waals surface area contributed by atoms with E-state index >= 15 is 0 Å². The van der Waals surface area contributed by atoms with Gasteiger partial charge in [0.05, 0.1) is 11.7 Å². The molecule has 1 aliphatic heterocycles. The topological polar surface area (TPSA) is 29.9 Å². The molecule has 2 aromatic heterocycles. The van der Waals surface area contributed by atoms with Crippen LogP contribution in [0.2, 0.25) is 0 Å². The van der Waals surface area contributed by atoms with Crippen molar-refractivity contribution in [1.29, 1.82) is 0 Å². The highest BCUT2D eigenvalue weighted by atomic mass is 32.1. The maximum absolute atomic E-state index is 4.83. The summed E-state index contributed by atoms with van der Waals surface area (Å²) in [5.74, 6) is 1.16. The zero-order chi connectivity index (χ0) is 14.2. The zero-order valence-corrected chi connectivity index (χ0v) is 12.7. The number of aryl methyl sites for hydroxylation is 1. The van der Waals surface area contributed by atoms with Crippen LogP contribution in [0.3, 0.4) is 0 Å². The number of fused-ring (bicyclic) bond motifs is 1. The molecule has 106 valence electrons. The van der Waals surface area contributed by atoms with E-state index < -0.39 is 0 Å². The van der Waals surface area contributed by atoms with E-state index in [2.05, 4.69) is 64.8 Å². The van der Waals surface area contributed by atoms with Crippen molar-refractivity contribution in [2.45, 2.75) is 19.4 Å². The molecule has 1 aromatic carbocycles. The van der Waals surface area contributed by atoms with Crippen LogP contribution in [0.25, 0.3) is 11.1 Å². The Morgan fingerprint density at radius 3 is 2.81 bits per heavy atom. The molecule has 1 aliphatic rings. The Kier molecular flexibility index (Phi) is 3.04. The summed E-state index contributed by atoms with van der Waals surface area (Å²) in [5, 5.41) is 10.5. The Bertz CT molecular complexity index is 744. The summed E-state index contributed by atoms with van der Waals surface area (Å²) in [6.07, 6.45) is 1.09. The predicted molar refractivity (Wildman–Crippen MR) is 88.0 cm³/mol. The van der Waals surface area contributed by atoms with Crippen LogP contribution in [-0.4, -0.2) is 16.3 Å². The molecule has 3 heterocycles. The highest BCUT2D eigenvalue weighted by molar-refractivity contribution is 7.10. The third-order valence-electron chi connectivity index (χ3n) is 4.02. The Morgan fingerprint density at radius 2 is 2.05 bits per heavy atom. The second kappa shape index (κ2) is 5.04. The van der Waals surface area contributed by atoms with Gasteiger partial charge in [-0.1, -0.05) is 36.4 Å². The van der Waals surface area contributed by atoms with Gasteiger partial charge in [0.25, 0.3) is 0 Å². The summed E-state index contributed by atoms with van der Waals surface area (Å²) in [6.45, 7) is 3.09. The first-order chi connectivity index (χ1) is 10.3. The molecule has 4 rings (SSSR count). The fourth-order valence-electron chi connectivity index (χ4n) is 3.09. The van der Waals surface area contributed by atoms with Crippen LogP contribution >= 0.6 is 11.3 Å². The van der Waals surface area contributed by atoms with Crippen LogP contribution in [0.15, 0.2) is 47.8 Å². The molecule has 1 N–H and O–H groups in total. The van der Waals surface area contributed by atoms with Crippen molar-refractivity contribution in [2.75, 3.05) is 11.9 Å². The molecular formula is C17H17N3S. The molecule has 3 nitrogen and oxygen atoms in total. The summed E-state index contributed by atoms with van der Waals surface area (Å²) < 4.78 is 2.17. The van der Waals surface area contributed by atoms with Crippen molar-refractivity contribution in [3.05, 3.63) is 58.4 Å². The zero-order valence-electron chi connectivity index (χ0n) is 11.9. The molecule has 1 unspecified atom stereocenters. The van der Waals surface area contributed by atoms with Gasteiger partial charge in [0, 0.05) is 17.0 Å². The highest BCUT2D eigenvalue weighted by Crippen LogP contribution is 2.39. The van der Waals surface area contributed by atoms with Crippen molar-refractivity contribution < 1.29 is 0 Å². The number of benzene rings is 1. The molecule has 3 aromatic rings. The summed E-state index contributed by atoms with van der Waals surface area (Å²) in [4.78, 5) is 1.39. The van der Waals surface area contributed by atoms with Crippen molar-refractivity contribution in [3.63, 3.8) is 0 Å². The number of nitrogens with one attached hydrogen (secondary N) is 1. The minimum Gasteiger partial charge on any atom is -0.370 e. The lowest BCUT2D eigenvalue weighted by molar-refractivity contribution is 0.486. The number of aromatic nitrogens is 2. The molecule has 0 saturated carbocycles. The second-order valence-corrected chi connectivity index (χ2v) is 6.35. The van der Waals surface area contributed by atoms with Crippen molar-refractivity contribution in [1.82, 2.24) is 9.78 Å². The molecular weight excluding hydrogens is 278 g/mol. The summed E-state index contributed by atoms with van der Waals surface area (Å²) in [7, 11) is 0. The Hall–Kier alpha value is -2.07. The third kappa shape index (κ3) is 2.07. The van der Waals surface area contributed by atoms with Gasteiger partial charge in [0.15, 0.2) is 0 Å². The van der Waals surface area contributed by atoms with Crippen molar-refractivity contribution in [3.8, 4) is 11.1 Å². The number of rotatable bonds is 2. The van der Waals surface area contributed by atoms with Gasteiger partial charge in [-0.2, -0.15) is 5.10 Å². The minimum atomic E-state index is 0.359. The van der Waals surface area contributed by atoms with Gasteiger partial charge in [0.2, 0.25) is 0 Å². The smallest absolute Gasteiger partial charge is 0.133 e. The second-order valence-electron chi connectivity index (χ2n) is 5.37. The first kappa shape index (κ1) is 12.7. The standard InChI is InChI=1S/C17H17N3S/c1-12-16(13-6-3-2-4-7-13)17-18-10-9-14(20(17)19-12)15-8-5-11-21-15/h2-8,11,14,18H,9-10H2,1H3. The van der Waals surface area contributed by atoms with E-state index in [1.807, 2.05) is 11.3 Å². The molecule has 21 heavy (non-hydrogen) atoms. The Balaban J connectivity index is 1.86. The van der Waals surface area contributed by atoms with Crippen molar-refractivity contribution >= 4 is 17.2 Å². The molecule has 0 saturated heterocycles. The predicted octanol–water partition coefficient (Wildman–Crippen LogP) is 4.33. The van der Waals surface area contributed by atoms with E-state index in [-0.39, 0.29) is 0 Å². The molecule has 4 heteroatoms. The maximum atomic E-state index is 4.83. The fourth-order valence-corrected chi connectivity index (χ4v) is 3.93. The number of hydrogen-bond acceptors (Lipinski definition) is 3. The van der Waals surface area contributed by atoms with Gasteiger partial charge in [-0.25, -0.2) is 4.68 Å². The molecule has 0 radical (unpaired) electrons. The number of thiophene rings is 1. The molecule has 0 amide bonds. The SMILES string of the molecule is Cc1nn2c(c1-c1ccccc1)NCCC2c1cccs1.